The van der Waals surface area contributed by atoms with E-state index in [-0.39, 0.29) is 0 Å². The van der Waals surface area contributed by atoms with Crippen LogP contribution in [0.25, 0.3) is 0 Å². The minimum Gasteiger partial charge on any atom is -0.378 e. The van der Waals surface area contributed by atoms with Crippen LogP contribution in [0.5, 0.6) is 0 Å². The van der Waals surface area contributed by atoms with E-state index >= 15 is 0 Å². The van der Waals surface area contributed by atoms with Gasteiger partial charge in [0.2, 0.25) is 0 Å². The lowest BCUT2D eigenvalue weighted by Gasteiger charge is -2.31. The number of methoxy groups -OCH3 is 1. The van der Waals surface area contributed by atoms with E-state index in [1.165, 1.54) is 29.3 Å². The van der Waals surface area contributed by atoms with Crippen LogP contribution < -0.4 is 10.2 Å². The highest BCUT2D eigenvalue weighted by atomic mass is 32.1. The first-order valence-corrected chi connectivity index (χ1v) is 7.97. The van der Waals surface area contributed by atoms with Gasteiger partial charge in [-0.15, -0.1) is 11.3 Å². The zero-order valence-electron chi connectivity index (χ0n) is 12.2. The molecular weight excluding hydrogens is 258 g/mol. The molecule has 0 saturated carbocycles. The summed E-state index contributed by atoms with van der Waals surface area (Å²) < 4.78 is 5.26. The van der Waals surface area contributed by atoms with E-state index in [1.807, 2.05) is 18.4 Å². The Morgan fingerprint density at radius 1 is 1.53 bits per heavy atom. The number of thiazole rings is 1. The zero-order valence-corrected chi connectivity index (χ0v) is 13.1. The van der Waals surface area contributed by atoms with Crippen molar-refractivity contribution in [2.75, 3.05) is 32.1 Å². The maximum Gasteiger partial charge on any atom is 0.185 e. The topological polar surface area (TPSA) is 37.4 Å². The first kappa shape index (κ1) is 14.8. The molecule has 1 aromatic heterocycles. The van der Waals surface area contributed by atoms with Crippen LogP contribution in [0.4, 0.5) is 5.13 Å². The predicted molar refractivity (Wildman–Crippen MR) is 80.8 cm³/mol. The second-order valence-electron chi connectivity index (χ2n) is 5.19. The molecule has 2 rings (SSSR count). The molecule has 1 N–H and O–H groups in total. The van der Waals surface area contributed by atoms with Gasteiger partial charge >= 0.3 is 0 Å². The minimum atomic E-state index is 0.610. The van der Waals surface area contributed by atoms with Crippen LogP contribution in [0, 0.1) is 5.92 Å². The molecule has 0 amide bonds. The molecular formula is C14H25N3OS. The molecule has 1 aromatic rings. The first-order chi connectivity index (χ1) is 9.28. The van der Waals surface area contributed by atoms with Crippen molar-refractivity contribution in [3.8, 4) is 0 Å². The fourth-order valence-corrected chi connectivity index (χ4v) is 3.74. The van der Waals surface area contributed by atoms with E-state index in [0.717, 1.165) is 31.2 Å². The molecule has 1 saturated heterocycles. The Kier molecular flexibility index (Phi) is 5.60. The zero-order chi connectivity index (χ0) is 13.7. The Morgan fingerprint density at radius 3 is 3.05 bits per heavy atom. The van der Waals surface area contributed by atoms with E-state index in [2.05, 4.69) is 17.1 Å². The molecule has 1 fully saturated rings. The van der Waals surface area contributed by atoms with Crippen LogP contribution in [0.1, 0.15) is 36.8 Å². The monoisotopic (exact) mass is 283 g/mol. The Labute approximate surface area is 120 Å². The number of nitrogens with one attached hydrogen (secondary N) is 1. The highest BCUT2D eigenvalue weighted by Crippen LogP contribution is 2.31. The Bertz CT molecular complexity index is 371. The van der Waals surface area contributed by atoms with Gasteiger partial charge in [0.15, 0.2) is 5.13 Å². The van der Waals surface area contributed by atoms with E-state index in [1.54, 1.807) is 7.11 Å². The Morgan fingerprint density at radius 2 is 2.37 bits per heavy atom. The normalized spacial score (nSPS) is 19.9. The fourth-order valence-electron chi connectivity index (χ4n) is 2.63. The molecule has 0 spiro atoms. The lowest BCUT2D eigenvalue weighted by molar-refractivity contribution is 0.181. The number of ether oxygens (including phenoxy) is 1. The van der Waals surface area contributed by atoms with Gasteiger partial charge in [0.05, 0.1) is 12.3 Å². The van der Waals surface area contributed by atoms with Crippen molar-refractivity contribution >= 4 is 16.5 Å². The molecule has 0 bridgehead atoms. The standard InChI is InChI=1S/C14H25N3OS/c1-4-11-6-5-7-17(9-11)14-16-12(10-18-3)13(19-14)8-15-2/h11,15H,4-10H2,1-3H3. The van der Waals surface area contributed by atoms with Crippen molar-refractivity contribution in [1.29, 1.82) is 0 Å². The van der Waals surface area contributed by atoms with Gasteiger partial charge in [-0.05, 0) is 25.8 Å². The fraction of sp³-hybridized carbons (Fsp3) is 0.786. The van der Waals surface area contributed by atoms with Crippen LogP contribution in [0.3, 0.4) is 0 Å². The molecule has 0 radical (unpaired) electrons. The lowest BCUT2D eigenvalue weighted by Crippen LogP contribution is -2.35. The summed E-state index contributed by atoms with van der Waals surface area (Å²) in [6.45, 7) is 6.09. The average molecular weight is 283 g/mol. The number of hydrogen-bond acceptors (Lipinski definition) is 5. The SMILES string of the molecule is CCC1CCCN(c2nc(COC)c(CNC)s2)C1. The van der Waals surface area contributed by atoms with Gasteiger partial charge in [0.25, 0.3) is 0 Å². The molecule has 2 heterocycles. The summed E-state index contributed by atoms with van der Waals surface area (Å²) in [5, 5.41) is 4.39. The van der Waals surface area contributed by atoms with E-state index in [9.17, 15) is 0 Å². The third-order valence-electron chi connectivity index (χ3n) is 3.75. The molecule has 1 atom stereocenters. The molecule has 1 aliphatic rings. The van der Waals surface area contributed by atoms with Crippen LogP contribution in [0.2, 0.25) is 0 Å². The smallest absolute Gasteiger partial charge is 0.185 e. The average Bonchev–Trinajstić information content (AvgIpc) is 2.83. The van der Waals surface area contributed by atoms with Crippen LogP contribution in [-0.4, -0.2) is 32.2 Å². The Balaban J connectivity index is 2.12. The van der Waals surface area contributed by atoms with Gasteiger partial charge in [-0.3, -0.25) is 0 Å². The second-order valence-corrected chi connectivity index (χ2v) is 6.25. The molecule has 108 valence electrons. The van der Waals surface area contributed by atoms with Crippen LogP contribution >= 0.6 is 11.3 Å². The van der Waals surface area contributed by atoms with Crippen molar-refractivity contribution in [3.63, 3.8) is 0 Å². The van der Waals surface area contributed by atoms with Gasteiger partial charge in [0.1, 0.15) is 0 Å². The van der Waals surface area contributed by atoms with Gasteiger partial charge in [0, 0.05) is 31.6 Å². The first-order valence-electron chi connectivity index (χ1n) is 7.15. The highest BCUT2D eigenvalue weighted by Gasteiger charge is 2.22. The second kappa shape index (κ2) is 7.22. The molecule has 1 aliphatic heterocycles. The van der Waals surface area contributed by atoms with Gasteiger partial charge in [-0.25, -0.2) is 4.98 Å². The van der Waals surface area contributed by atoms with Crippen molar-refractivity contribution < 1.29 is 4.74 Å². The lowest BCUT2D eigenvalue weighted by atomic mass is 9.96. The highest BCUT2D eigenvalue weighted by molar-refractivity contribution is 7.15. The van der Waals surface area contributed by atoms with Crippen LogP contribution in [-0.2, 0) is 17.9 Å². The quantitative estimate of drug-likeness (QED) is 0.871. The molecule has 4 nitrogen and oxygen atoms in total. The summed E-state index contributed by atoms with van der Waals surface area (Å²) in [5.41, 5.74) is 1.09. The van der Waals surface area contributed by atoms with E-state index in [4.69, 9.17) is 9.72 Å². The number of hydrogen-bond donors (Lipinski definition) is 1. The van der Waals surface area contributed by atoms with Crippen molar-refractivity contribution in [1.82, 2.24) is 10.3 Å². The van der Waals surface area contributed by atoms with Gasteiger partial charge < -0.3 is 15.0 Å². The maximum absolute atomic E-state index is 5.26. The number of rotatable bonds is 6. The largest absolute Gasteiger partial charge is 0.378 e. The molecule has 19 heavy (non-hydrogen) atoms. The van der Waals surface area contributed by atoms with Gasteiger partial charge in [-0.1, -0.05) is 13.3 Å². The predicted octanol–water partition coefficient (Wildman–Crippen LogP) is 2.64. The summed E-state index contributed by atoms with van der Waals surface area (Å²) in [4.78, 5) is 8.55. The Hall–Kier alpha value is -0.650. The number of anilines is 1. The molecule has 0 aliphatic carbocycles. The van der Waals surface area contributed by atoms with E-state index in [0.29, 0.717) is 6.61 Å². The summed E-state index contributed by atoms with van der Waals surface area (Å²) in [6.07, 6.45) is 3.93. The van der Waals surface area contributed by atoms with Gasteiger partial charge in [-0.2, -0.15) is 0 Å². The number of piperidine rings is 1. The minimum absolute atomic E-state index is 0.610. The van der Waals surface area contributed by atoms with Crippen LogP contribution in [0.15, 0.2) is 0 Å². The summed E-state index contributed by atoms with van der Waals surface area (Å²) in [7, 11) is 3.71. The maximum atomic E-state index is 5.26. The van der Waals surface area contributed by atoms with Crippen molar-refractivity contribution in [3.05, 3.63) is 10.6 Å². The summed E-state index contributed by atoms with van der Waals surface area (Å²) in [5.74, 6) is 0.830. The third-order valence-corrected chi connectivity index (χ3v) is 4.91. The van der Waals surface area contributed by atoms with Crippen molar-refractivity contribution in [2.24, 2.45) is 5.92 Å². The molecule has 5 heteroatoms. The van der Waals surface area contributed by atoms with Crippen molar-refractivity contribution in [2.45, 2.75) is 39.3 Å². The molecule has 0 aromatic carbocycles. The summed E-state index contributed by atoms with van der Waals surface area (Å²) >= 11 is 1.82. The summed E-state index contributed by atoms with van der Waals surface area (Å²) in [6, 6.07) is 0. The molecule has 1 unspecified atom stereocenters. The van der Waals surface area contributed by atoms with E-state index < -0.39 is 0 Å². The number of aromatic nitrogens is 1. The number of nitrogens with zero attached hydrogens (tertiary/aromatic N) is 2. The third kappa shape index (κ3) is 3.68.